The number of halogens is 1. The maximum Gasteiger partial charge on any atom is 0.191 e. The van der Waals surface area contributed by atoms with Crippen molar-refractivity contribution < 1.29 is 4.74 Å². The summed E-state index contributed by atoms with van der Waals surface area (Å²) < 4.78 is 5.84. The van der Waals surface area contributed by atoms with E-state index in [2.05, 4.69) is 53.7 Å². The fraction of sp³-hybridized carbons (Fsp3) is 0.588. The van der Waals surface area contributed by atoms with Gasteiger partial charge in [0, 0.05) is 37.6 Å². The Balaban J connectivity index is 0.00000176. The van der Waals surface area contributed by atoms with Gasteiger partial charge in [-0.2, -0.15) is 0 Å². The van der Waals surface area contributed by atoms with Gasteiger partial charge in [0.1, 0.15) is 0 Å². The number of hydrogen-bond acceptors (Lipinski definition) is 2. The van der Waals surface area contributed by atoms with Crippen LogP contribution in [0.3, 0.4) is 0 Å². The number of nitrogens with zero attached hydrogens (tertiary/aromatic N) is 1. The standard InChI is InChI=1S/C17H25N3O.HI/c1-17(2)14(13-9-10-21-15(13)17)20-16(18-3)19-11-12-7-5-4-6-8-12;/h4-8,13-15H,9-11H2,1-3H3,(H2,18,19,20);1H. The first kappa shape index (κ1) is 17.5. The van der Waals surface area contributed by atoms with Crippen LogP contribution < -0.4 is 10.6 Å². The third-order valence-electron chi connectivity index (χ3n) is 4.92. The van der Waals surface area contributed by atoms with E-state index < -0.39 is 0 Å². The first-order valence-corrected chi connectivity index (χ1v) is 7.75. The smallest absolute Gasteiger partial charge is 0.191 e. The summed E-state index contributed by atoms with van der Waals surface area (Å²) in [4.78, 5) is 4.36. The zero-order valence-electron chi connectivity index (χ0n) is 13.5. The summed E-state index contributed by atoms with van der Waals surface area (Å²) in [5.74, 6) is 1.50. The minimum atomic E-state index is 0. The first-order valence-electron chi connectivity index (χ1n) is 7.75. The van der Waals surface area contributed by atoms with Crippen molar-refractivity contribution in [3.8, 4) is 0 Å². The van der Waals surface area contributed by atoms with E-state index in [-0.39, 0.29) is 29.4 Å². The number of fused-ring (bicyclic) bond motifs is 1. The van der Waals surface area contributed by atoms with Gasteiger partial charge in [-0.1, -0.05) is 44.2 Å². The molecule has 1 heterocycles. The van der Waals surface area contributed by atoms with E-state index in [9.17, 15) is 0 Å². The van der Waals surface area contributed by atoms with Crippen molar-refractivity contribution in [2.24, 2.45) is 16.3 Å². The van der Waals surface area contributed by atoms with Gasteiger partial charge in [-0.3, -0.25) is 4.99 Å². The summed E-state index contributed by atoms with van der Waals surface area (Å²) in [5.41, 5.74) is 1.43. The van der Waals surface area contributed by atoms with Crippen molar-refractivity contribution >= 4 is 29.9 Å². The van der Waals surface area contributed by atoms with Gasteiger partial charge in [0.25, 0.3) is 0 Å². The monoisotopic (exact) mass is 415 g/mol. The maximum atomic E-state index is 5.84. The van der Waals surface area contributed by atoms with Crippen LogP contribution in [-0.2, 0) is 11.3 Å². The van der Waals surface area contributed by atoms with Crippen molar-refractivity contribution in [2.45, 2.75) is 39.0 Å². The molecular weight excluding hydrogens is 389 g/mol. The third kappa shape index (κ3) is 3.25. The molecule has 2 fully saturated rings. The molecule has 0 bridgehead atoms. The molecule has 0 aromatic heterocycles. The number of ether oxygens (including phenoxy) is 1. The molecule has 22 heavy (non-hydrogen) atoms. The number of hydrogen-bond donors (Lipinski definition) is 2. The molecule has 5 heteroatoms. The molecule has 2 N–H and O–H groups in total. The molecule has 1 aromatic carbocycles. The van der Waals surface area contributed by atoms with Crippen molar-refractivity contribution in [1.82, 2.24) is 10.6 Å². The molecule has 1 saturated heterocycles. The molecule has 1 aliphatic carbocycles. The highest BCUT2D eigenvalue weighted by Gasteiger charge is 2.59. The lowest BCUT2D eigenvalue weighted by Gasteiger charge is -2.54. The van der Waals surface area contributed by atoms with Crippen molar-refractivity contribution in [3.05, 3.63) is 35.9 Å². The summed E-state index contributed by atoms with van der Waals surface area (Å²) >= 11 is 0. The highest BCUT2D eigenvalue weighted by molar-refractivity contribution is 14.0. The number of guanidine groups is 1. The van der Waals surface area contributed by atoms with Gasteiger partial charge in [0.05, 0.1) is 6.10 Å². The topological polar surface area (TPSA) is 45.7 Å². The zero-order valence-corrected chi connectivity index (χ0v) is 15.8. The summed E-state index contributed by atoms with van der Waals surface area (Å²) in [6, 6.07) is 10.8. The molecular formula is C17H26IN3O. The van der Waals surface area contributed by atoms with E-state index in [1.54, 1.807) is 0 Å². The SMILES string of the molecule is CN=C(NCc1ccccc1)NC1C2CCOC2C1(C)C.I. The molecule has 0 radical (unpaired) electrons. The van der Waals surface area contributed by atoms with Crippen LogP contribution in [0, 0.1) is 11.3 Å². The van der Waals surface area contributed by atoms with E-state index in [1.807, 2.05) is 13.1 Å². The Morgan fingerprint density at radius 2 is 2.05 bits per heavy atom. The van der Waals surface area contributed by atoms with E-state index in [4.69, 9.17) is 4.74 Å². The van der Waals surface area contributed by atoms with Crippen molar-refractivity contribution in [3.63, 3.8) is 0 Å². The molecule has 1 aromatic rings. The highest BCUT2D eigenvalue weighted by atomic mass is 127. The van der Waals surface area contributed by atoms with Gasteiger partial charge in [0.15, 0.2) is 5.96 Å². The van der Waals surface area contributed by atoms with E-state index in [1.165, 1.54) is 5.56 Å². The number of nitrogens with one attached hydrogen (secondary N) is 2. The van der Waals surface area contributed by atoms with Crippen molar-refractivity contribution in [2.75, 3.05) is 13.7 Å². The predicted molar refractivity (Wildman–Crippen MR) is 101 cm³/mol. The second-order valence-electron chi connectivity index (χ2n) is 6.60. The molecule has 3 unspecified atom stereocenters. The molecule has 2 aliphatic rings. The molecule has 0 amide bonds. The number of benzene rings is 1. The second kappa shape index (κ2) is 7.17. The second-order valence-corrected chi connectivity index (χ2v) is 6.60. The summed E-state index contributed by atoms with van der Waals surface area (Å²) in [6.07, 6.45) is 1.56. The molecule has 3 atom stereocenters. The Kier molecular flexibility index (Phi) is 5.71. The Morgan fingerprint density at radius 1 is 1.32 bits per heavy atom. The average Bonchev–Trinajstić information content (AvgIpc) is 2.95. The minimum Gasteiger partial charge on any atom is -0.377 e. The molecule has 122 valence electrons. The van der Waals surface area contributed by atoms with Gasteiger partial charge in [-0.05, 0) is 12.0 Å². The predicted octanol–water partition coefficient (Wildman–Crippen LogP) is 2.78. The average molecular weight is 415 g/mol. The van der Waals surface area contributed by atoms with Crippen LogP contribution in [-0.4, -0.2) is 31.8 Å². The van der Waals surface area contributed by atoms with Gasteiger partial charge in [0.2, 0.25) is 0 Å². The Morgan fingerprint density at radius 3 is 2.73 bits per heavy atom. The fourth-order valence-corrected chi connectivity index (χ4v) is 3.74. The third-order valence-corrected chi connectivity index (χ3v) is 4.92. The summed E-state index contributed by atoms with van der Waals surface area (Å²) in [6.45, 7) is 6.24. The van der Waals surface area contributed by atoms with Gasteiger partial charge >= 0.3 is 0 Å². The van der Waals surface area contributed by atoms with E-state index >= 15 is 0 Å². The van der Waals surface area contributed by atoms with Crippen LogP contribution in [0.15, 0.2) is 35.3 Å². The first-order chi connectivity index (χ1) is 10.1. The Bertz CT molecular complexity index is 518. The molecule has 1 aliphatic heterocycles. The lowest BCUT2D eigenvalue weighted by atomic mass is 9.57. The largest absolute Gasteiger partial charge is 0.377 e. The lowest BCUT2D eigenvalue weighted by Crippen LogP contribution is -2.67. The Hall–Kier alpha value is -0.820. The quantitative estimate of drug-likeness (QED) is 0.454. The lowest BCUT2D eigenvalue weighted by molar-refractivity contribution is -0.106. The summed E-state index contributed by atoms with van der Waals surface area (Å²) in [5, 5.41) is 6.99. The van der Waals surface area contributed by atoms with Crippen LogP contribution in [0.5, 0.6) is 0 Å². The zero-order chi connectivity index (χ0) is 14.9. The summed E-state index contributed by atoms with van der Waals surface area (Å²) in [7, 11) is 1.83. The van der Waals surface area contributed by atoms with Crippen LogP contribution in [0.25, 0.3) is 0 Å². The minimum absolute atomic E-state index is 0. The van der Waals surface area contributed by atoms with E-state index in [0.29, 0.717) is 18.1 Å². The maximum absolute atomic E-state index is 5.84. The molecule has 0 spiro atoms. The number of rotatable bonds is 3. The van der Waals surface area contributed by atoms with Crippen molar-refractivity contribution in [1.29, 1.82) is 0 Å². The normalized spacial score (nSPS) is 29.0. The van der Waals surface area contributed by atoms with Crippen LogP contribution in [0.2, 0.25) is 0 Å². The Labute approximate surface area is 150 Å². The molecule has 1 saturated carbocycles. The van der Waals surface area contributed by atoms with Crippen LogP contribution >= 0.6 is 24.0 Å². The van der Waals surface area contributed by atoms with Gasteiger partial charge in [-0.25, -0.2) is 0 Å². The fourth-order valence-electron chi connectivity index (χ4n) is 3.74. The number of aliphatic imine (C=N–C) groups is 1. The van der Waals surface area contributed by atoms with Crippen LogP contribution in [0.4, 0.5) is 0 Å². The van der Waals surface area contributed by atoms with Crippen LogP contribution in [0.1, 0.15) is 25.8 Å². The van der Waals surface area contributed by atoms with Gasteiger partial charge in [-0.15, -0.1) is 24.0 Å². The molecule has 3 rings (SSSR count). The molecule has 4 nitrogen and oxygen atoms in total. The van der Waals surface area contributed by atoms with Gasteiger partial charge < -0.3 is 15.4 Å². The highest BCUT2D eigenvalue weighted by Crippen LogP contribution is 2.52. The van der Waals surface area contributed by atoms with E-state index in [0.717, 1.165) is 25.5 Å².